The Hall–Kier alpha value is -2.38. The summed E-state index contributed by atoms with van der Waals surface area (Å²) in [4.78, 5) is 32.7. The molecule has 31 heavy (non-hydrogen) atoms. The molecule has 7 nitrogen and oxygen atoms in total. The van der Waals surface area contributed by atoms with Crippen LogP contribution in [0.4, 0.5) is 0 Å². The van der Waals surface area contributed by atoms with Crippen molar-refractivity contribution in [2.45, 2.75) is 57.7 Å². The number of benzene rings is 1. The summed E-state index contributed by atoms with van der Waals surface area (Å²) in [5.41, 5.74) is 9.85. The van der Waals surface area contributed by atoms with E-state index >= 15 is 0 Å². The number of hydrogen-bond acceptors (Lipinski definition) is 5. The van der Waals surface area contributed by atoms with Crippen LogP contribution in [0.2, 0.25) is 0 Å². The average molecular weight is 427 g/mol. The fourth-order valence-corrected chi connectivity index (χ4v) is 5.84. The molecule has 4 rings (SSSR count). The Balaban J connectivity index is 1.66. The lowest BCUT2D eigenvalue weighted by molar-refractivity contribution is -0.147. The van der Waals surface area contributed by atoms with E-state index in [1.165, 1.54) is 22.0 Å². The number of H-pyrrole nitrogens is 1. The first kappa shape index (κ1) is 21.8. The summed E-state index contributed by atoms with van der Waals surface area (Å²) in [6.07, 6.45) is 4.01. The summed E-state index contributed by atoms with van der Waals surface area (Å²) >= 11 is 0. The molecule has 1 aliphatic carbocycles. The molecule has 1 saturated heterocycles. The summed E-state index contributed by atoms with van der Waals surface area (Å²) < 4.78 is 5.17. The first-order chi connectivity index (χ1) is 14.8. The van der Waals surface area contributed by atoms with Gasteiger partial charge in [-0.25, -0.2) is 0 Å². The molecule has 7 heteroatoms. The van der Waals surface area contributed by atoms with E-state index in [4.69, 9.17) is 10.5 Å². The number of esters is 1. The molecule has 1 aromatic carbocycles. The van der Waals surface area contributed by atoms with Crippen LogP contribution in [0, 0.1) is 5.92 Å². The first-order valence-corrected chi connectivity index (χ1v) is 11.3. The fourth-order valence-electron chi connectivity index (χ4n) is 5.84. The molecule has 0 saturated carbocycles. The third-order valence-electron chi connectivity index (χ3n) is 7.13. The predicted octanol–water partition coefficient (Wildman–Crippen LogP) is 2.26. The van der Waals surface area contributed by atoms with Gasteiger partial charge in [0.05, 0.1) is 19.2 Å². The molecule has 2 heterocycles. The van der Waals surface area contributed by atoms with Gasteiger partial charge in [-0.05, 0) is 63.8 Å². The zero-order valence-corrected chi connectivity index (χ0v) is 18.9. The lowest BCUT2D eigenvalue weighted by Crippen LogP contribution is -2.59. The Morgan fingerprint density at radius 1 is 1.35 bits per heavy atom. The summed E-state index contributed by atoms with van der Waals surface area (Å²) in [5.74, 6) is -0.319. The van der Waals surface area contributed by atoms with E-state index in [0.717, 1.165) is 19.4 Å². The summed E-state index contributed by atoms with van der Waals surface area (Å²) in [6, 6.07) is 6.34. The van der Waals surface area contributed by atoms with E-state index in [0.29, 0.717) is 18.6 Å². The van der Waals surface area contributed by atoms with Gasteiger partial charge in [0.1, 0.15) is 0 Å². The molecule has 1 unspecified atom stereocenters. The van der Waals surface area contributed by atoms with Crippen molar-refractivity contribution in [3.8, 4) is 0 Å². The van der Waals surface area contributed by atoms with E-state index in [-0.39, 0.29) is 30.4 Å². The van der Waals surface area contributed by atoms with Crippen LogP contribution in [-0.2, 0) is 20.7 Å². The van der Waals surface area contributed by atoms with E-state index in [2.05, 4.69) is 41.3 Å². The van der Waals surface area contributed by atoms with Gasteiger partial charge >= 0.3 is 5.97 Å². The number of likely N-dealkylation sites (tertiary alicyclic amines) is 1. The molecule has 0 spiro atoms. The number of rotatable bonds is 7. The second kappa shape index (κ2) is 8.63. The molecule has 1 aromatic heterocycles. The van der Waals surface area contributed by atoms with Crippen LogP contribution in [0.25, 0.3) is 10.9 Å². The molecule has 1 amide bonds. The van der Waals surface area contributed by atoms with Gasteiger partial charge in [0.15, 0.2) is 0 Å². The molecule has 2 aromatic rings. The van der Waals surface area contributed by atoms with Gasteiger partial charge < -0.3 is 20.4 Å². The number of hydrogen-bond donors (Lipinski definition) is 2. The van der Waals surface area contributed by atoms with Crippen molar-refractivity contribution in [1.29, 1.82) is 0 Å². The number of aromatic nitrogens is 1. The van der Waals surface area contributed by atoms with Crippen molar-refractivity contribution in [1.82, 2.24) is 14.8 Å². The van der Waals surface area contributed by atoms with Crippen LogP contribution in [0.15, 0.2) is 24.4 Å². The smallest absolute Gasteiger partial charge is 0.320 e. The summed E-state index contributed by atoms with van der Waals surface area (Å²) in [7, 11) is 2.14. The minimum absolute atomic E-state index is 0.00370. The standard InChI is InChI=1S/C24H34N4O3/c1-5-31-21(29)13-28(14(2)3)23(24(25)30)16-9-18-17-7-6-8-19-22(17)15(11-26-19)10-20(18)27(4)12-16/h6-8,11,14,16,18,20,23,26H,5,9-10,12-13H2,1-4H3,(H2,25,30)/t16-,18-,20-,23?/m1/s1. The van der Waals surface area contributed by atoms with Crippen LogP contribution >= 0.6 is 0 Å². The highest BCUT2D eigenvalue weighted by Crippen LogP contribution is 2.45. The highest BCUT2D eigenvalue weighted by Gasteiger charge is 2.45. The number of nitrogens with zero attached hydrogens (tertiary/aromatic N) is 2. The van der Waals surface area contributed by atoms with Gasteiger partial charge in [-0.3, -0.25) is 14.5 Å². The Labute approximate surface area is 183 Å². The highest BCUT2D eigenvalue weighted by atomic mass is 16.5. The van der Waals surface area contributed by atoms with Gasteiger partial charge in [-0.1, -0.05) is 12.1 Å². The zero-order chi connectivity index (χ0) is 22.3. The lowest BCUT2D eigenvalue weighted by Gasteiger charge is -2.49. The van der Waals surface area contributed by atoms with Gasteiger partial charge in [0, 0.05) is 41.6 Å². The third kappa shape index (κ3) is 3.96. The van der Waals surface area contributed by atoms with Gasteiger partial charge in [-0.15, -0.1) is 0 Å². The van der Waals surface area contributed by atoms with Gasteiger partial charge in [0.25, 0.3) is 0 Å². The van der Waals surface area contributed by atoms with E-state index in [9.17, 15) is 9.59 Å². The molecule has 168 valence electrons. The number of primary amides is 1. The number of nitrogens with one attached hydrogen (secondary N) is 1. The van der Waals surface area contributed by atoms with Gasteiger partial charge in [-0.2, -0.15) is 0 Å². The molecule has 0 radical (unpaired) electrons. The Bertz CT molecular complexity index is 969. The maximum atomic E-state index is 12.7. The van der Waals surface area contributed by atoms with E-state index in [1.807, 2.05) is 18.7 Å². The number of carbonyl (C=O) groups is 2. The summed E-state index contributed by atoms with van der Waals surface area (Å²) in [5, 5.41) is 1.33. The molecule has 4 atom stereocenters. The average Bonchev–Trinajstić information content (AvgIpc) is 3.12. The maximum Gasteiger partial charge on any atom is 0.320 e. The Morgan fingerprint density at radius 3 is 2.81 bits per heavy atom. The second-order valence-electron chi connectivity index (χ2n) is 9.32. The molecule has 2 aliphatic rings. The quantitative estimate of drug-likeness (QED) is 0.663. The number of nitrogens with two attached hydrogens (primary N) is 1. The van der Waals surface area contributed by atoms with Crippen LogP contribution in [0.5, 0.6) is 0 Å². The van der Waals surface area contributed by atoms with Crippen molar-refractivity contribution < 1.29 is 14.3 Å². The number of piperidine rings is 1. The number of fused-ring (bicyclic) bond motifs is 2. The Kier molecular flexibility index (Phi) is 6.08. The van der Waals surface area contributed by atoms with Crippen molar-refractivity contribution in [2.24, 2.45) is 11.7 Å². The largest absolute Gasteiger partial charge is 0.465 e. The Morgan fingerprint density at radius 2 is 2.13 bits per heavy atom. The second-order valence-corrected chi connectivity index (χ2v) is 9.32. The predicted molar refractivity (Wildman–Crippen MR) is 121 cm³/mol. The number of amides is 1. The SMILES string of the molecule is CCOC(=O)CN(C(C)C)C(C(N)=O)[C@@H]1C[C@@H]2c3cccc4[nH]cc(c34)C[C@H]2N(C)C1. The fraction of sp³-hybridized carbons (Fsp3) is 0.583. The van der Waals surface area contributed by atoms with Crippen molar-refractivity contribution in [3.63, 3.8) is 0 Å². The number of ether oxygens (including phenoxy) is 1. The topological polar surface area (TPSA) is 91.7 Å². The van der Waals surface area contributed by atoms with E-state index in [1.54, 1.807) is 6.92 Å². The molecule has 1 aliphatic heterocycles. The van der Waals surface area contributed by atoms with Gasteiger partial charge in [0.2, 0.25) is 5.91 Å². The highest BCUT2D eigenvalue weighted by molar-refractivity contribution is 5.88. The van der Waals surface area contributed by atoms with Crippen molar-refractivity contribution in [3.05, 3.63) is 35.5 Å². The zero-order valence-electron chi connectivity index (χ0n) is 18.9. The van der Waals surface area contributed by atoms with Crippen LogP contribution < -0.4 is 5.73 Å². The molecular formula is C24H34N4O3. The molecular weight excluding hydrogens is 392 g/mol. The minimum Gasteiger partial charge on any atom is -0.465 e. The molecule has 3 N–H and O–H groups in total. The van der Waals surface area contributed by atoms with Crippen LogP contribution in [-0.4, -0.2) is 71.5 Å². The number of carbonyl (C=O) groups excluding carboxylic acids is 2. The summed E-state index contributed by atoms with van der Waals surface area (Å²) in [6.45, 7) is 6.96. The monoisotopic (exact) mass is 426 g/mol. The minimum atomic E-state index is -0.514. The van der Waals surface area contributed by atoms with E-state index < -0.39 is 6.04 Å². The first-order valence-electron chi connectivity index (χ1n) is 11.3. The van der Waals surface area contributed by atoms with Crippen LogP contribution in [0.3, 0.4) is 0 Å². The van der Waals surface area contributed by atoms with Crippen molar-refractivity contribution >= 4 is 22.8 Å². The molecule has 1 fully saturated rings. The maximum absolute atomic E-state index is 12.7. The van der Waals surface area contributed by atoms with Crippen LogP contribution in [0.1, 0.15) is 44.2 Å². The number of likely N-dealkylation sites (N-methyl/N-ethyl adjacent to an activating group) is 1. The molecule has 0 bridgehead atoms. The normalized spacial score (nSPS) is 24.4. The third-order valence-corrected chi connectivity index (χ3v) is 7.13. The van der Waals surface area contributed by atoms with Crippen molar-refractivity contribution in [2.75, 3.05) is 26.7 Å². The number of aromatic amines is 1. The lowest BCUT2D eigenvalue weighted by atomic mass is 9.70.